The van der Waals surface area contributed by atoms with Gasteiger partial charge in [-0.3, -0.25) is 4.99 Å². The van der Waals surface area contributed by atoms with Crippen molar-refractivity contribution in [1.29, 1.82) is 0 Å². The lowest BCUT2D eigenvalue weighted by Gasteiger charge is -2.37. The van der Waals surface area contributed by atoms with Crippen LogP contribution in [0.2, 0.25) is 0 Å². The molecule has 0 atom stereocenters. The van der Waals surface area contributed by atoms with Crippen molar-refractivity contribution in [2.24, 2.45) is 4.99 Å². The van der Waals surface area contributed by atoms with Gasteiger partial charge in [0.15, 0.2) is 5.96 Å². The van der Waals surface area contributed by atoms with Gasteiger partial charge < -0.3 is 19.9 Å². The normalized spacial score (nSPS) is 15.2. The molecule has 30 heavy (non-hydrogen) atoms. The van der Waals surface area contributed by atoms with E-state index >= 15 is 0 Å². The molecule has 2 N–H and O–H groups in total. The minimum Gasteiger partial charge on any atom is -0.497 e. The zero-order valence-corrected chi connectivity index (χ0v) is 18.4. The van der Waals surface area contributed by atoms with Crippen LogP contribution in [0.1, 0.15) is 5.56 Å². The Bertz CT molecular complexity index is 951. The highest BCUT2D eigenvalue weighted by molar-refractivity contribution is 7.89. The first kappa shape index (κ1) is 21.9. The highest BCUT2D eigenvalue weighted by atomic mass is 32.2. The van der Waals surface area contributed by atoms with Crippen LogP contribution in [0.3, 0.4) is 0 Å². The average Bonchev–Trinajstić information content (AvgIpc) is 2.80. The van der Waals surface area contributed by atoms with Crippen molar-refractivity contribution >= 4 is 21.7 Å². The Morgan fingerprint density at radius 3 is 2.20 bits per heavy atom. The lowest BCUT2D eigenvalue weighted by molar-refractivity contribution is 0.372. The summed E-state index contributed by atoms with van der Waals surface area (Å²) in [6, 6.07) is 15.0. The number of nitrogens with zero attached hydrogens (tertiary/aromatic N) is 3. The summed E-state index contributed by atoms with van der Waals surface area (Å²) >= 11 is 0. The molecule has 1 heterocycles. The van der Waals surface area contributed by atoms with Gasteiger partial charge in [-0.05, 0) is 49.0 Å². The fourth-order valence-electron chi connectivity index (χ4n) is 3.39. The summed E-state index contributed by atoms with van der Waals surface area (Å²) < 4.78 is 31.2. The largest absolute Gasteiger partial charge is 0.497 e. The minimum absolute atomic E-state index is 0.257. The number of ether oxygens (including phenoxy) is 1. The molecule has 2 aromatic carbocycles. The average molecular weight is 432 g/mol. The molecule has 1 aliphatic heterocycles. The first-order chi connectivity index (χ1) is 14.5. The Kier molecular flexibility index (Phi) is 7.17. The Morgan fingerprint density at radius 1 is 1.03 bits per heavy atom. The van der Waals surface area contributed by atoms with Gasteiger partial charge in [0.25, 0.3) is 0 Å². The van der Waals surface area contributed by atoms with Crippen LogP contribution < -0.4 is 19.7 Å². The monoisotopic (exact) mass is 431 g/mol. The van der Waals surface area contributed by atoms with Crippen LogP contribution >= 0.6 is 0 Å². The summed E-state index contributed by atoms with van der Waals surface area (Å²) in [5.41, 5.74) is 2.18. The molecule has 0 amide bonds. The van der Waals surface area contributed by atoms with E-state index in [9.17, 15) is 8.42 Å². The van der Waals surface area contributed by atoms with Crippen LogP contribution in [0.5, 0.6) is 5.75 Å². The number of hydrogen-bond donors (Lipinski definition) is 2. The Morgan fingerprint density at radius 2 is 1.67 bits per heavy atom. The van der Waals surface area contributed by atoms with Crippen molar-refractivity contribution in [3.8, 4) is 5.75 Å². The number of rotatable bonds is 6. The van der Waals surface area contributed by atoms with Gasteiger partial charge in [-0.2, -0.15) is 0 Å². The molecule has 2 aromatic rings. The number of guanidine groups is 1. The summed E-state index contributed by atoms with van der Waals surface area (Å²) in [4.78, 5) is 9.25. The van der Waals surface area contributed by atoms with Crippen molar-refractivity contribution in [1.82, 2.24) is 14.9 Å². The zero-order valence-electron chi connectivity index (χ0n) is 17.6. The number of anilines is 1. The van der Waals surface area contributed by atoms with Gasteiger partial charge in [-0.15, -0.1) is 0 Å². The molecule has 0 bridgehead atoms. The quantitative estimate of drug-likeness (QED) is 0.533. The van der Waals surface area contributed by atoms with Crippen LogP contribution in [0, 0.1) is 0 Å². The Balaban J connectivity index is 1.53. The maximum Gasteiger partial charge on any atom is 0.240 e. The van der Waals surface area contributed by atoms with E-state index in [0.717, 1.165) is 43.5 Å². The first-order valence-corrected chi connectivity index (χ1v) is 11.3. The highest BCUT2D eigenvalue weighted by Gasteiger charge is 2.20. The summed E-state index contributed by atoms with van der Waals surface area (Å²) in [6.07, 6.45) is 0. The SMILES string of the molecule is CN=C(NCc1ccc(S(=O)(=O)NC)cc1)N1CCN(c2ccc(OC)cc2)CC1. The second kappa shape index (κ2) is 9.82. The van der Waals surface area contributed by atoms with E-state index in [0.29, 0.717) is 6.54 Å². The number of methoxy groups -OCH3 is 1. The van der Waals surface area contributed by atoms with Crippen LogP contribution in [0.25, 0.3) is 0 Å². The molecule has 162 valence electrons. The molecule has 3 rings (SSSR count). The topological polar surface area (TPSA) is 86.3 Å². The Labute approximate surface area is 178 Å². The zero-order chi connectivity index (χ0) is 21.6. The second-order valence-corrected chi connectivity index (χ2v) is 8.81. The van der Waals surface area contributed by atoms with Crippen molar-refractivity contribution < 1.29 is 13.2 Å². The molecule has 0 aliphatic carbocycles. The van der Waals surface area contributed by atoms with E-state index in [4.69, 9.17) is 4.74 Å². The maximum atomic E-state index is 11.8. The number of hydrogen-bond acceptors (Lipinski definition) is 5. The van der Waals surface area contributed by atoms with E-state index in [1.54, 1.807) is 26.3 Å². The van der Waals surface area contributed by atoms with E-state index in [-0.39, 0.29) is 4.90 Å². The molecule has 0 radical (unpaired) electrons. The maximum absolute atomic E-state index is 11.8. The van der Waals surface area contributed by atoms with Gasteiger partial charge in [0.2, 0.25) is 10.0 Å². The number of benzene rings is 2. The highest BCUT2D eigenvalue weighted by Crippen LogP contribution is 2.20. The third-order valence-electron chi connectivity index (χ3n) is 5.18. The fourth-order valence-corrected chi connectivity index (χ4v) is 4.12. The van der Waals surface area contributed by atoms with Gasteiger partial charge >= 0.3 is 0 Å². The van der Waals surface area contributed by atoms with E-state index in [1.807, 2.05) is 24.3 Å². The predicted octanol–water partition coefficient (Wildman–Crippen LogP) is 1.50. The summed E-state index contributed by atoms with van der Waals surface area (Å²) in [5.74, 6) is 1.70. The molecule has 1 saturated heterocycles. The summed E-state index contributed by atoms with van der Waals surface area (Å²) in [7, 11) is 1.44. The molecule has 1 aliphatic rings. The summed E-state index contributed by atoms with van der Waals surface area (Å²) in [6.45, 7) is 4.12. The van der Waals surface area contributed by atoms with Crippen LogP contribution in [0.15, 0.2) is 58.4 Å². The fraction of sp³-hybridized carbons (Fsp3) is 0.381. The van der Waals surface area contributed by atoms with E-state index in [2.05, 4.69) is 37.0 Å². The van der Waals surface area contributed by atoms with Crippen molar-refractivity contribution in [2.45, 2.75) is 11.4 Å². The summed E-state index contributed by atoms with van der Waals surface area (Å²) in [5, 5.41) is 3.37. The molecule has 0 spiro atoms. The van der Waals surface area contributed by atoms with Crippen LogP contribution in [-0.2, 0) is 16.6 Å². The Hall–Kier alpha value is -2.78. The van der Waals surface area contributed by atoms with Crippen molar-refractivity contribution in [3.05, 3.63) is 54.1 Å². The molecular weight excluding hydrogens is 402 g/mol. The predicted molar refractivity (Wildman–Crippen MR) is 120 cm³/mol. The molecule has 0 aromatic heterocycles. The number of nitrogens with one attached hydrogen (secondary N) is 2. The lowest BCUT2D eigenvalue weighted by Crippen LogP contribution is -2.52. The van der Waals surface area contributed by atoms with Gasteiger partial charge in [-0.1, -0.05) is 12.1 Å². The van der Waals surface area contributed by atoms with Crippen molar-refractivity contribution in [3.63, 3.8) is 0 Å². The third kappa shape index (κ3) is 5.22. The second-order valence-electron chi connectivity index (χ2n) is 6.92. The van der Waals surface area contributed by atoms with Crippen molar-refractivity contribution in [2.75, 3.05) is 52.3 Å². The van der Waals surface area contributed by atoms with Gasteiger partial charge in [-0.25, -0.2) is 13.1 Å². The molecule has 0 unspecified atom stereocenters. The first-order valence-electron chi connectivity index (χ1n) is 9.84. The number of sulfonamides is 1. The molecule has 0 saturated carbocycles. The minimum atomic E-state index is -3.41. The molecular formula is C21H29N5O3S. The lowest BCUT2D eigenvalue weighted by atomic mass is 10.2. The smallest absolute Gasteiger partial charge is 0.240 e. The van der Waals surface area contributed by atoms with E-state index in [1.165, 1.54) is 12.7 Å². The van der Waals surface area contributed by atoms with E-state index < -0.39 is 10.0 Å². The number of aliphatic imine (C=N–C) groups is 1. The van der Waals surface area contributed by atoms with Gasteiger partial charge in [0, 0.05) is 45.5 Å². The van der Waals surface area contributed by atoms with Crippen LogP contribution in [-0.4, -0.2) is 66.7 Å². The molecule has 8 nitrogen and oxygen atoms in total. The van der Waals surface area contributed by atoms with Gasteiger partial charge in [0.05, 0.1) is 12.0 Å². The number of piperazine rings is 1. The van der Waals surface area contributed by atoms with Crippen LogP contribution in [0.4, 0.5) is 5.69 Å². The third-order valence-corrected chi connectivity index (χ3v) is 6.61. The molecule has 1 fully saturated rings. The molecule has 9 heteroatoms. The van der Waals surface area contributed by atoms with Gasteiger partial charge in [0.1, 0.15) is 5.75 Å². The standard InChI is InChI=1S/C21H29N5O3S/c1-22-21(24-16-17-4-10-20(11-5-17)30(27,28)23-2)26-14-12-25(13-15-26)18-6-8-19(29-3)9-7-18/h4-11,23H,12-16H2,1-3H3,(H,22,24).